The first-order chi connectivity index (χ1) is 9.25. The topological polar surface area (TPSA) is 29.3 Å². The van der Waals surface area contributed by atoms with E-state index in [1.165, 1.54) is 23.2 Å². The molecule has 1 unspecified atom stereocenters. The van der Waals surface area contributed by atoms with Gasteiger partial charge >= 0.3 is 0 Å². The lowest BCUT2D eigenvalue weighted by Gasteiger charge is -2.21. The van der Waals surface area contributed by atoms with Gasteiger partial charge in [0.2, 0.25) is 0 Å². The van der Waals surface area contributed by atoms with E-state index in [-0.39, 0.29) is 0 Å². The van der Waals surface area contributed by atoms with Crippen LogP contribution >= 0.6 is 0 Å². The Bertz CT molecular complexity index is 563. The molecule has 1 aliphatic rings. The van der Waals surface area contributed by atoms with Crippen LogP contribution in [0.5, 0.6) is 0 Å². The van der Waals surface area contributed by atoms with Gasteiger partial charge in [0.15, 0.2) is 0 Å². The number of hydrogen-bond acceptors (Lipinski definition) is 2. The highest BCUT2D eigenvalue weighted by Gasteiger charge is 2.25. The molecule has 1 aliphatic heterocycles. The molecule has 2 aromatic rings. The summed E-state index contributed by atoms with van der Waals surface area (Å²) in [4.78, 5) is 2.42. The Morgan fingerprint density at radius 3 is 2.63 bits per heavy atom. The van der Waals surface area contributed by atoms with E-state index in [0.29, 0.717) is 5.92 Å². The Balaban J connectivity index is 1.81. The normalized spacial score (nSPS) is 18.8. The molecule has 0 bridgehead atoms. The van der Waals surface area contributed by atoms with Crippen molar-refractivity contribution in [3.63, 3.8) is 0 Å². The predicted octanol–water partition coefficient (Wildman–Crippen LogP) is 3.57. The highest BCUT2D eigenvalue weighted by atomic mass is 15.2. The van der Waals surface area contributed by atoms with E-state index in [1.807, 2.05) is 0 Å². The third-order valence-corrected chi connectivity index (χ3v) is 4.10. The third-order valence-electron chi connectivity index (χ3n) is 4.10. The molecule has 1 saturated heterocycles. The smallest absolute Gasteiger partial charge is 0.0602 e. The first kappa shape index (κ1) is 12.1. The molecule has 2 N–H and O–H groups in total. The molecule has 2 aromatic carbocycles. The predicted molar refractivity (Wildman–Crippen MR) is 81.6 cm³/mol. The lowest BCUT2D eigenvalue weighted by Crippen LogP contribution is -2.20. The number of nitrogens with two attached hydrogens (primary N) is 1. The first-order valence-electron chi connectivity index (χ1n) is 6.90. The van der Waals surface area contributed by atoms with Crippen molar-refractivity contribution in [3.8, 4) is 0 Å². The summed E-state index contributed by atoms with van der Waals surface area (Å²) in [7, 11) is 0. The van der Waals surface area contributed by atoms with Crippen LogP contribution in [0, 0.1) is 6.92 Å². The average molecular weight is 252 g/mol. The summed E-state index contributed by atoms with van der Waals surface area (Å²) in [5.74, 6) is 0.626. The Labute approximate surface area is 114 Å². The van der Waals surface area contributed by atoms with Crippen LogP contribution in [0.4, 0.5) is 11.4 Å². The lowest BCUT2D eigenvalue weighted by atomic mass is 9.99. The summed E-state index contributed by atoms with van der Waals surface area (Å²) in [6, 6.07) is 17.1. The van der Waals surface area contributed by atoms with Crippen LogP contribution in [0.2, 0.25) is 0 Å². The van der Waals surface area contributed by atoms with Crippen LogP contribution in [-0.4, -0.2) is 13.1 Å². The quantitative estimate of drug-likeness (QED) is 0.828. The lowest BCUT2D eigenvalue weighted by molar-refractivity contribution is 0.775. The van der Waals surface area contributed by atoms with E-state index in [2.05, 4.69) is 60.4 Å². The number of nitrogens with zero attached hydrogens (tertiary/aromatic N) is 1. The fraction of sp³-hybridized carbons (Fsp3) is 0.294. The van der Waals surface area contributed by atoms with E-state index in [9.17, 15) is 0 Å². The SMILES string of the molecule is Cc1cccc(N2CCC(c3ccccc3)C2)c1N. The molecule has 2 nitrogen and oxygen atoms in total. The second-order valence-electron chi connectivity index (χ2n) is 5.35. The van der Waals surface area contributed by atoms with Crippen LogP contribution in [0.1, 0.15) is 23.5 Å². The Hall–Kier alpha value is -1.96. The Morgan fingerprint density at radius 1 is 1.05 bits per heavy atom. The number of benzene rings is 2. The van der Waals surface area contributed by atoms with E-state index in [4.69, 9.17) is 5.73 Å². The summed E-state index contributed by atoms with van der Waals surface area (Å²) < 4.78 is 0. The maximum atomic E-state index is 6.20. The van der Waals surface area contributed by atoms with Crippen LogP contribution in [-0.2, 0) is 0 Å². The molecule has 19 heavy (non-hydrogen) atoms. The van der Waals surface area contributed by atoms with Crippen molar-refractivity contribution < 1.29 is 0 Å². The molecule has 1 fully saturated rings. The van der Waals surface area contributed by atoms with Crippen molar-refractivity contribution in [2.45, 2.75) is 19.3 Å². The molecule has 0 radical (unpaired) electrons. The summed E-state index contributed by atoms with van der Waals surface area (Å²) >= 11 is 0. The monoisotopic (exact) mass is 252 g/mol. The Morgan fingerprint density at radius 2 is 1.84 bits per heavy atom. The maximum Gasteiger partial charge on any atom is 0.0602 e. The minimum absolute atomic E-state index is 0.626. The van der Waals surface area contributed by atoms with Crippen molar-refractivity contribution in [2.75, 3.05) is 23.7 Å². The molecule has 0 aliphatic carbocycles. The zero-order valence-corrected chi connectivity index (χ0v) is 11.3. The van der Waals surface area contributed by atoms with Gasteiger partial charge < -0.3 is 10.6 Å². The summed E-state index contributed by atoms with van der Waals surface area (Å²) in [5, 5.41) is 0. The number of nitrogen functional groups attached to an aromatic ring is 1. The van der Waals surface area contributed by atoms with Crippen molar-refractivity contribution in [1.82, 2.24) is 0 Å². The summed E-state index contributed by atoms with van der Waals surface area (Å²) in [5.41, 5.74) is 10.9. The van der Waals surface area contributed by atoms with Gasteiger partial charge in [-0.1, -0.05) is 42.5 Å². The summed E-state index contributed by atoms with van der Waals surface area (Å²) in [6.07, 6.45) is 1.21. The van der Waals surface area contributed by atoms with E-state index in [0.717, 1.165) is 18.8 Å². The van der Waals surface area contributed by atoms with Gasteiger partial charge in [0, 0.05) is 19.0 Å². The van der Waals surface area contributed by atoms with E-state index in [1.54, 1.807) is 0 Å². The second-order valence-corrected chi connectivity index (χ2v) is 5.35. The molecule has 0 aromatic heterocycles. The van der Waals surface area contributed by atoms with Gasteiger partial charge in [-0.25, -0.2) is 0 Å². The zero-order valence-electron chi connectivity index (χ0n) is 11.3. The minimum atomic E-state index is 0.626. The van der Waals surface area contributed by atoms with Crippen molar-refractivity contribution in [2.24, 2.45) is 0 Å². The zero-order chi connectivity index (χ0) is 13.2. The minimum Gasteiger partial charge on any atom is -0.397 e. The maximum absolute atomic E-state index is 6.20. The largest absolute Gasteiger partial charge is 0.397 e. The van der Waals surface area contributed by atoms with Gasteiger partial charge in [-0.15, -0.1) is 0 Å². The molecule has 0 amide bonds. The van der Waals surface area contributed by atoms with Crippen molar-refractivity contribution >= 4 is 11.4 Å². The molecule has 98 valence electrons. The van der Waals surface area contributed by atoms with Crippen molar-refractivity contribution in [3.05, 3.63) is 59.7 Å². The number of aryl methyl sites for hydroxylation is 1. The molecular formula is C17H20N2. The second kappa shape index (κ2) is 4.96. The molecule has 1 heterocycles. The van der Waals surface area contributed by atoms with Gasteiger partial charge in [0.25, 0.3) is 0 Å². The average Bonchev–Trinajstić information content (AvgIpc) is 2.92. The number of rotatable bonds is 2. The first-order valence-corrected chi connectivity index (χ1v) is 6.90. The fourth-order valence-corrected chi connectivity index (χ4v) is 2.92. The Kier molecular flexibility index (Phi) is 3.16. The van der Waals surface area contributed by atoms with Crippen LogP contribution < -0.4 is 10.6 Å². The fourth-order valence-electron chi connectivity index (χ4n) is 2.92. The van der Waals surface area contributed by atoms with E-state index >= 15 is 0 Å². The molecule has 1 atom stereocenters. The molecule has 0 spiro atoms. The number of hydrogen-bond donors (Lipinski definition) is 1. The highest BCUT2D eigenvalue weighted by molar-refractivity contribution is 5.71. The van der Waals surface area contributed by atoms with Gasteiger partial charge in [0.05, 0.1) is 11.4 Å². The standard InChI is InChI=1S/C17H20N2/c1-13-6-5-9-16(17(13)18)19-11-10-15(12-19)14-7-3-2-4-8-14/h2-9,15H,10-12,18H2,1H3. The van der Waals surface area contributed by atoms with Gasteiger partial charge in [-0.3, -0.25) is 0 Å². The van der Waals surface area contributed by atoms with Crippen LogP contribution in [0.3, 0.4) is 0 Å². The summed E-state index contributed by atoms with van der Waals surface area (Å²) in [6.45, 7) is 4.23. The van der Waals surface area contributed by atoms with Gasteiger partial charge in [-0.05, 0) is 30.5 Å². The van der Waals surface area contributed by atoms with Gasteiger partial charge in [0.1, 0.15) is 0 Å². The molecule has 3 rings (SSSR count). The number of para-hydroxylation sites is 1. The van der Waals surface area contributed by atoms with Crippen LogP contribution in [0.15, 0.2) is 48.5 Å². The van der Waals surface area contributed by atoms with Gasteiger partial charge in [-0.2, -0.15) is 0 Å². The van der Waals surface area contributed by atoms with Crippen molar-refractivity contribution in [1.29, 1.82) is 0 Å². The van der Waals surface area contributed by atoms with E-state index < -0.39 is 0 Å². The molecule has 2 heteroatoms. The van der Waals surface area contributed by atoms with Crippen LogP contribution in [0.25, 0.3) is 0 Å². The third kappa shape index (κ3) is 2.30. The highest BCUT2D eigenvalue weighted by Crippen LogP contribution is 2.34. The number of anilines is 2. The molecular weight excluding hydrogens is 232 g/mol. The molecule has 0 saturated carbocycles.